The molecule has 2 rings (SSSR count). The summed E-state index contributed by atoms with van der Waals surface area (Å²) >= 11 is 3.10. The van der Waals surface area contributed by atoms with Gasteiger partial charge in [0.25, 0.3) is 0 Å². The second-order valence-corrected chi connectivity index (χ2v) is 5.23. The Hall–Kier alpha value is -1.88. The van der Waals surface area contributed by atoms with Crippen LogP contribution in [0, 0.1) is 12.7 Å². The molecule has 0 aliphatic heterocycles. The summed E-state index contributed by atoms with van der Waals surface area (Å²) in [5.41, 5.74) is 2.24. The van der Waals surface area contributed by atoms with E-state index in [9.17, 15) is 9.18 Å². The first-order valence-electron chi connectivity index (χ1n) is 6.10. The van der Waals surface area contributed by atoms with Crippen LogP contribution in [-0.4, -0.2) is 6.03 Å². The monoisotopic (exact) mass is 336 g/mol. The Morgan fingerprint density at radius 1 is 1.25 bits per heavy atom. The fraction of sp³-hybridized carbons (Fsp3) is 0.133. The normalized spacial score (nSPS) is 10.2. The summed E-state index contributed by atoms with van der Waals surface area (Å²) in [7, 11) is 0. The Labute approximate surface area is 125 Å². The molecule has 0 heterocycles. The average molecular weight is 337 g/mol. The van der Waals surface area contributed by atoms with Gasteiger partial charge in [0.1, 0.15) is 5.82 Å². The SMILES string of the molecule is Cc1cc(Br)c(F)cc1NC(=O)NCc1ccccc1. The first-order chi connectivity index (χ1) is 9.56. The smallest absolute Gasteiger partial charge is 0.319 e. The zero-order valence-electron chi connectivity index (χ0n) is 10.9. The van der Waals surface area contributed by atoms with Crippen molar-refractivity contribution in [3.8, 4) is 0 Å². The largest absolute Gasteiger partial charge is 0.334 e. The van der Waals surface area contributed by atoms with Gasteiger partial charge in [-0.05, 0) is 46.1 Å². The van der Waals surface area contributed by atoms with Crippen molar-refractivity contribution in [2.24, 2.45) is 0 Å². The summed E-state index contributed by atoms with van der Waals surface area (Å²) in [6, 6.07) is 12.1. The summed E-state index contributed by atoms with van der Waals surface area (Å²) in [5, 5.41) is 5.36. The molecule has 0 saturated heterocycles. The Kier molecular flexibility index (Phi) is 4.74. The van der Waals surface area contributed by atoms with Gasteiger partial charge in [-0.3, -0.25) is 0 Å². The van der Waals surface area contributed by atoms with Crippen molar-refractivity contribution in [2.75, 3.05) is 5.32 Å². The molecule has 0 bridgehead atoms. The van der Waals surface area contributed by atoms with Gasteiger partial charge in [-0.25, -0.2) is 9.18 Å². The highest BCUT2D eigenvalue weighted by Crippen LogP contribution is 2.23. The fourth-order valence-corrected chi connectivity index (χ4v) is 2.18. The van der Waals surface area contributed by atoms with Crippen LogP contribution < -0.4 is 10.6 Å². The van der Waals surface area contributed by atoms with Gasteiger partial charge in [0.2, 0.25) is 0 Å². The number of hydrogen-bond donors (Lipinski definition) is 2. The second kappa shape index (κ2) is 6.52. The predicted molar refractivity (Wildman–Crippen MR) is 81.1 cm³/mol. The Morgan fingerprint density at radius 2 is 1.95 bits per heavy atom. The number of rotatable bonds is 3. The summed E-state index contributed by atoms with van der Waals surface area (Å²) in [6.45, 7) is 2.22. The quantitative estimate of drug-likeness (QED) is 0.865. The van der Waals surface area contributed by atoms with Crippen molar-refractivity contribution >= 4 is 27.6 Å². The van der Waals surface area contributed by atoms with E-state index in [0.717, 1.165) is 11.1 Å². The summed E-state index contributed by atoms with van der Waals surface area (Å²) in [5.74, 6) is -0.408. The zero-order valence-corrected chi connectivity index (χ0v) is 12.5. The van der Waals surface area contributed by atoms with E-state index >= 15 is 0 Å². The molecule has 104 valence electrons. The fourth-order valence-electron chi connectivity index (χ4n) is 1.73. The molecular weight excluding hydrogens is 323 g/mol. The Balaban J connectivity index is 1.97. The van der Waals surface area contributed by atoms with Crippen LogP contribution in [0.5, 0.6) is 0 Å². The van der Waals surface area contributed by atoms with Crippen molar-refractivity contribution in [3.05, 3.63) is 63.9 Å². The van der Waals surface area contributed by atoms with Crippen LogP contribution in [0.15, 0.2) is 46.9 Å². The average Bonchev–Trinajstić information content (AvgIpc) is 2.44. The zero-order chi connectivity index (χ0) is 14.5. The van der Waals surface area contributed by atoms with Gasteiger partial charge in [-0.15, -0.1) is 0 Å². The van der Waals surface area contributed by atoms with Crippen molar-refractivity contribution < 1.29 is 9.18 Å². The van der Waals surface area contributed by atoms with Crippen LogP contribution in [0.2, 0.25) is 0 Å². The number of aryl methyl sites for hydroxylation is 1. The summed E-state index contributed by atoms with van der Waals surface area (Å²) in [4.78, 5) is 11.8. The third kappa shape index (κ3) is 3.81. The molecule has 2 aromatic rings. The van der Waals surface area contributed by atoms with Gasteiger partial charge in [0, 0.05) is 12.2 Å². The van der Waals surface area contributed by atoms with E-state index < -0.39 is 5.82 Å². The molecular formula is C15H14BrFN2O. The highest BCUT2D eigenvalue weighted by molar-refractivity contribution is 9.10. The number of nitrogens with one attached hydrogen (secondary N) is 2. The number of carbonyl (C=O) groups is 1. The molecule has 2 N–H and O–H groups in total. The van der Waals surface area contributed by atoms with E-state index in [1.165, 1.54) is 6.07 Å². The molecule has 5 heteroatoms. The third-order valence-corrected chi connectivity index (χ3v) is 3.42. The van der Waals surface area contributed by atoms with Crippen molar-refractivity contribution in [3.63, 3.8) is 0 Å². The first kappa shape index (κ1) is 14.5. The highest BCUT2D eigenvalue weighted by atomic mass is 79.9. The molecule has 0 aliphatic rings. The molecule has 3 nitrogen and oxygen atoms in total. The number of anilines is 1. The molecule has 0 atom stereocenters. The van der Waals surface area contributed by atoms with Crippen LogP contribution in [0.1, 0.15) is 11.1 Å². The minimum atomic E-state index is -0.408. The standard InChI is InChI=1S/C15H14BrFN2O/c1-10-7-12(16)13(17)8-14(10)19-15(20)18-9-11-5-3-2-4-6-11/h2-8H,9H2,1H3,(H2,18,19,20). The number of hydrogen-bond acceptors (Lipinski definition) is 1. The minimum Gasteiger partial charge on any atom is -0.334 e. The van der Waals surface area contributed by atoms with E-state index in [0.29, 0.717) is 16.7 Å². The van der Waals surface area contributed by atoms with Crippen molar-refractivity contribution in [1.82, 2.24) is 5.32 Å². The lowest BCUT2D eigenvalue weighted by Gasteiger charge is -2.11. The van der Waals surface area contributed by atoms with Crippen LogP contribution in [0.25, 0.3) is 0 Å². The number of halogens is 2. The van der Waals surface area contributed by atoms with Crippen molar-refractivity contribution in [1.29, 1.82) is 0 Å². The molecule has 0 unspecified atom stereocenters. The van der Waals surface area contributed by atoms with Crippen LogP contribution in [0.4, 0.5) is 14.9 Å². The maximum absolute atomic E-state index is 13.4. The number of carbonyl (C=O) groups excluding carboxylic acids is 1. The lowest BCUT2D eigenvalue weighted by atomic mass is 10.2. The molecule has 0 saturated carbocycles. The molecule has 2 amide bonds. The molecule has 0 fully saturated rings. The van der Waals surface area contributed by atoms with Gasteiger partial charge in [0.15, 0.2) is 0 Å². The number of amides is 2. The van der Waals surface area contributed by atoms with E-state index in [-0.39, 0.29) is 6.03 Å². The molecule has 20 heavy (non-hydrogen) atoms. The predicted octanol–water partition coefficient (Wildman–Crippen LogP) is 4.22. The van der Waals surface area contributed by atoms with Crippen LogP contribution in [0.3, 0.4) is 0 Å². The van der Waals surface area contributed by atoms with E-state index in [4.69, 9.17) is 0 Å². The number of benzene rings is 2. The molecule has 0 spiro atoms. The van der Waals surface area contributed by atoms with Crippen molar-refractivity contribution in [2.45, 2.75) is 13.5 Å². The van der Waals surface area contributed by atoms with Gasteiger partial charge in [-0.2, -0.15) is 0 Å². The summed E-state index contributed by atoms with van der Waals surface area (Å²) in [6.07, 6.45) is 0. The van der Waals surface area contributed by atoms with Gasteiger partial charge in [0.05, 0.1) is 4.47 Å². The first-order valence-corrected chi connectivity index (χ1v) is 6.90. The molecule has 0 aromatic heterocycles. The molecule has 0 radical (unpaired) electrons. The molecule has 0 aliphatic carbocycles. The van der Waals surface area contributed by atoms with Crippen LogP contribution >= 0.6 is 15.9 Å². The van der Waals surface area contributed by atoms with Crippen LogP contribution in [-0.2, 0) is 6.54 Å². The van der Waals surface area contributed by atoms with Gasteiger partial charge >= 0.3 is 6.03 Å². The third-order valence-electron chi connectivity index (χ3n) is 2.81. The van der Waals surface area contributed by atoms with E-state index in [2.05, 4.69) is 26.6 Å². The lowest BCUT2D eigenvalue weighted by Crippen LogP contribution is -2.28. The lowest BCUT2D eigenvalue weighted by molar-refractivity contribution is 0.251. The van der Waals surface area contributed by atoms with E-state index in [1.807, 2.05) is 30.3 Å². The van der Waals surface area contributed by atoms with Gasteiger partial charge < -0.3 is 10.6 Å². The maximum atomic E-state index is 13.4. The Bertz CT molecular complexity index is 617. The second-order valence-electron chi connectivity index (χ2n) is 4.37. The highest BCUT2D eigenvalue weighted by Gasteiger charge is 2.08. The molecule has 2 aromatic carbocycles. The maximum Gasteiger partial charge on any atom is 0.319 e. The van der Waals surface area contributed by atoms with Gasteiger partial charge in [-0.1, -0.05) is 30.3 Å². The number of urea groups is 1. The topological polar surface area (TPSA) is 41.1 Å². The van der Waals surface area contributed by atoms with E-state index in [1.54, 1.807) is 13.0 Å². The Morgan fingerprint density at radius 3 is 2.65 bits per heavy atom. The summed E-state index contributed by atoms with van der Waals surface area (Å²) < 4.78 is 13.8. The minimum absolute atomic E-state index is 0.362.